The van der Waals surface area contributed by atoms with Gasteiger partial charge in [-0.1, -0.05) is 39.7 Å². The fourth-order valence-electron chi connectivity index (χ4n) is 1.72. The molecule has 2 rings (SSSR count). The van der Waals surface area contributed by atoms with E-state index in [1.807, 2.05) is 32.0 Å². The van der Waals surface area contributed by atoms with Crippen LogP contribution in [0.1, 0.15) is 35.9 Å². The summed E-state index contributed by atoms with van der Waals surface area (Å²) in [4.78, 5) is 12.5. The molecule has 0 amide bonds. The maximum Gasteiger partial charge on any atom is 0.213 e. The molecule has 0 saturated heterocycles. The van der Waals surface area contributed by atoms with Crippen LogP contribution in [0.5, 0.6) is 0 Å². The van der Waals surface area contributed by atoms with Gasteiger partial charge in [0, 0.05) is 16.1 Å². The van der Waals surface area contributed by atoms with E-state index in [0.29, 0.717) is 16.3 Å². The van der Waals surface area contributed by atoms with Crippen LogP contribution in [0.3, 0.4) is 0 Å². The lowest BCUT2D eigenvalue weighted by molar-refractivity contribution is 0.102. The highest BCUT2D eigenvalue weighted by Gasteiger charge is 2.21. The molecule has 0 bridgehead atoms. The molecule has 0 fully saturated rings. The number of carbonyl (C=O) groups is 1. The van der Waals surface area contributed by atoms with E-state index in [-0.39, 0.29) is 11.8 Å². The third-order valence-electron chi connectivity index (χ3n) is 2.57. The average molecular weight is 328 g/mol. The van der Waals surface area contributed by atoms with Crippen molar-refractivity contribution in [2.45, 2.75) is 19.9 Å². The van der Waals surface area contributed by atoms with Gasteiger partial charge in [-0.15, -0.1) is 0 Å². The first-order chi connectivity index (χ1) is 8.52. The van der Waals surface area contributed by atoms with E-state index >= 15 is 0 Å². The van der Waals surface area contributed by atoms with Crippen LogP contribution in [0, 0.1) is 0 Å². The number of hydrogen-bond donors (Lipinski definition) is 0. The van der Waals surface area contributed by atoms with E-state index in [0.717, 1.165) is 4.47 Å². The molecule has 0 aliphatic heterocycles. The second-order valence-electron chi connectivity index (χ2n) is 4.19. The Bertz CT molecular complexity index is 592. The number of hydrogen-bond acceptors (Lipinski definition) is 2. The predicted molar refractivity (Wildman–Crippen MR) is 75.2 cm³/mol. The van der Waals surface area contributed by atoms with E-state index in [2.05, 4.69) is 21.0 Å². The Morgan fingerprint density at radius 2 is 2.06 bits per heavy atom. The Morgan fingerprint density at radius 3 is 2.67 bits per heavy atom. The lowest BCUT2D eigenvalue weighted by atomic mass is 10.1. The van der Waals surface area contributed by atoms with Gasteiger partial charge >= 0.3 is 0 Å². The molecule has 1 heterocycles. The third kappa shape index (κ3) is 2.35. The van der Waals surface area contributed by atoms with E-state index in [1.54, 1.807) is 10.7 Å². The summed E-state index contributed by atoms with van der Waals surface area (Å²) in [5, 5.41) is 4.52. The van der Waals surface area contributed by atoms with Gasteiger partial charge in [-0.25, -0.2) is 0 Å². The minimum absolute atomic E-state index is 0.0823. The van der Waals surface area contributed by atoms with Crippen LogP contribution >= 0.6 is 27.5 Å². The highest BCUT2D eigenvalue weighted by atomic mass is 79.9. The van der Waals surface area contributed by atoms with Gasteiger partial charge in [0.2, 0.25) is 5.78 Å². The average Bonchev–Trinajstić information content (AvgIpc) is 2.71. The molecule has 1 aromatic carbocycles. The number of rotatable bonds is 3. The summed E-state index contributed by atoms with van der Waals surface area (Å²) >= 11 is 9.44. The van der Waals surface area contributed by atoms with E-state index < -0.39 is 0 Å². The Hall–Kier alpha value is -1.13. The monoisotopic (exact) mass is 326 g/mol. The molecule has 0 spiro atoms. The second-order valence-corrected chi connectivity index (χ2v) is 5.45. The van der Waals surface area contributed by atoms with Crippen molar-refractivity contribution in [3.63, 3.8) is 0 Å². The van der Waals surface area contributed by atoms with Crippen LogP contribution in [0.15, 0.2) is 34.9 Å². The summed E-state index contributed by atoms with van der Waals surface area (Å²) in [7, 11) is 0. The van der Waals surface area contributed by atoms with Gasteiger partial charge in [0.25, 0.3) is 0 Å². The maximum absolute atomic E-state index is 12.5. The SMILES string of the molecule is CC(C)n1ncc(Cl)c1C(=O)c1ccccc1Br. The summed E-state index contributed by atoms with van der Waals surface area (Å²) in [5.74, 6) is -0.126. The van der Waals surface area contributed by atoms with E-state index in [4.69, 9.17) is 11.6 Å². The molecule has 1 aromatic heterocycles. The van der Waals surface area contributed by atoms with Crippen molar-refractivity contribution in [3.05, 3.63) is 51.2 Å². The fourth-order valence-corrected chi connectivity index (χ4v) is 2.40. The summed E-state index contributed by atoms with van der Waals surface area (Å²) in [6.45, 7) is 3.92. The van der Waals surface area contributed by atoms with Crippen molar-refractivity contribution >= 4 is 33.3 Å². The minimum Gasteiger partial charge on any atom is -0.287 e. The largest absolute Gasteiger partial charge is 0.287 e. The smallest absolute Gasteiger partial charge is 0.213 e. The van der Waals surface area contributed by atoms with Gasteiger partial charge in [-0.2, -0.15) is 5.10 Å². The zero-order valence-corrected chi connectivity index (χ0v) is 12.4. The summed E-state index contributed by atoms with van der Waals surface area (Å²) < 4.78 is 2.40. The van der Waals surface area contributed by atoms with Crippen molar-refractivity contribution in [1.29, 1.82) is 0 Å². The lowest BCUT2D eigenvalue weighted by Gasteiger charge is -2.11. The van der Waals surface area contributed by atoms with Crippen LogP contribution in [0.4, 0.5) is 0 Å². The van der Waals surface area contributed by atoms with Crippen molar-refractivity contribution < 1.29 is 4.79 Å². The number of benzene rings is 1. The van der Waals surface area contributed by atoms with E-state index in [9.17, 15) is 4.79 Å². The molecule has 18 heavy (non-hydrogen) atoms. The normalized spacial score (nSPS) is 10.9. The molecule has 0 unspecified atom stereocenters. The van der Waals surface area contributed by atoms with Gasteiger partial charge in [0.05, 0.1) is 11.2 Å². The quantitative estimate of drug-likeness (QED) is 0.795. The Morgan fingerprint density at radius 1 is 1.39 bits per heavy atom. The van der Waals surface area contributed by atoms with E-state index in [1.165, 1.54) is 6.20 Å². The first kappa shape index (κ1) is 13.3. The maximum atomic E-state index is 12.5. The Labute approximate surface area is 119 Å². The van der Waals surface area contributed by atoms with Crippen molar-refractivity contribution in [3.8, 4) is 0 Å². The topological polar surface area (TPSA) is 34.9 Å². The van der Waals surface area contributed by atoms with Gasteiger partial charge in [0.15, 0.2) is 0 Å². The highest BCUT2D eigenvalue weighted by Crippen LogP contribution is 2.25. The predicted octanol–water partition coefficient (Wildman–Crippen LogP) is 4.11. The van der Waals surface area contributed by atoms with Gasteiger partial charge in [-0.3, -0.25) is 9.48 Å². The highest BCUT2D eigenvalue weighted by molar-refractivity contribution is 9.10. The zero-order chi connectivity index (χ0) is 13.3. The summed E-state index contributed by atoms with van der Waals surface area (Å²) in [5.41, 5.74) is 1.01. The minimum atomic E-state index is -0.126. The zero-order valence-electron chi connectivity index (χ0n) is 10.0. The van der Waals surface area contributed by atoms with Crippen molar-refractivity contribution in [1.82, 2.24) is 9.78 Å². The van der Waals surface area contributed by atoms with Crippen molar-refractivity contribution in [2.24, 2.45) is 0 Å². The van der Waals surface area contributed by atoms with Crippen LogP contribution in [-0.2, 0) is 0 Å². The standard InChI is InChI=1S/C13H12BrClN2O/c1-8(2)17-12(11(15)7-16-17)13(18)9-5-3-4-6-10(9)14/h3-8H,1-2H3. The number of aromatic nitrogens is 2. The molecule has 0 radical (unpaired) electrons. The molecule has 0 atom stereocenters. The number of ketones is 1. The Kier molecular flexibility index (Phi) is 3.88. The summed E-state index contributed by atoms with van der Waals surface area (Å²) in [6, 6.07) is 7.36. The van der Waals surface area contributed by atoms with Crippen molar-refractivity contribution in [2.75, 3.05) is 0 Å². The van der Waals surface area contributed by atoms with Gasteiger partial charge < -0.3 is 0 Å². The number of halogens is 2. The molecule has 0 N–H and O–H groups in total. The number of nitrogens with zero attached hydrogens (tertiary/aromatic N) is 2. The van der Waals surface area contributed by atoms with Gasteiger partial charge in [0.1, 0.15) is 5.69 Å². The molecule has 2 aromatic rings. The second kappa shape index (κ2) is 5.24. The molecule has 0 saturated carbocycles. The lowest BCUT2D eigenvalue weighted by Crippen LogP contribution is -2.14. The molecule has 0 aliphatic carbocycles. The molecule has 5 heteroatoms. The third-order valence-corrected chi connectivity index (χ3v) is 3.54. The summed E-state index contributed by atoms with van der Waals surface area (Å²) in [6.07, 6.45) is 1.51. The van der Waals surface area contributed by atoms with Crippen LogP contribution in [-0.4, -0.2) is 15.6 Å². The first-order valence-corrected chi connectivity index (χ1v) is 6.71. The molecule has 94 valence electrons. The van der Waals surface area contributed by atoms with Gasteiger partial charge in [-0.05, 0) is 26.0 Å². The number of carbonyl (C=O) groups excluding carboxylic acids is 1. The molecule has 3 nitrogen and oxygen atoms in total. The molecular formula is C13H12BrClN2O. The first-order valence-electron chi connectivity index (χ1n) is 5.54. The molecule has 0 aliphatic rings. The fraction of sp³-hybridized carbons (Fsp3) is 0.231. The van der Waals surface area contributed by atoms with Crippen LogP contribution < -0.4 is 0 Å². The molecular weight excluding hydrogens is 316 g/mol. The van der Waals surface area contributed by atoms with Crippen LogP contribution in [0.25, 0.3) is 0 Å². The van der Waals surface area contributed by atoms with Crippen LogP contribution in [0.2, 0.25) is 5.02 Å². The Balaban J connectivity index is 2.53.